The van der Waals surface area contributed by atoms with Gasteiger partial charge in [-0.1, -0.05) is 15.9 Å². The number of aryl methyl sites for hydroxylation is 3. The topological polar surface area (TPSA) is 42.2 Å². The zero-order chi connectivity index (χ0) is 13.3. The Hall–Kier alpha value is -1.55. The zero-order valence-corrected chi connectivity index (χ0v) is 12.1. The summed E-state index contributed by atoms with van der Waals surface area (Å²) in [6.45, 7) is 5.79. The third-order valence-electron chi connectivity index (χ3n) is 2.66. The van der Waals surface area contributed by atoms with Gasteiger partial charge >= 0.3 is 0 Å². The summed E-state index contributed by atoms with van der Waals surface area (Å²) >= 11 is 3.50. The van der Waals surface area contributed by atoms with Crippen LogP contribution >= 0.6 is 15.9 Å². The first-order valence-electron chi connectivity index (χ1n) is 5.62. The number of hydrogen-bond acceptors (Lipinski definition) is 2. The van der Waals surface area contributed by atoms with Crippen molar-refractivity contribution in [3.8, 4) is 0 Å². The van der Waals surface area contributed by atoms with Crippen LogP contribution in [-0.2, 0) is 0 Å². The molecular weight excluding hydrogens is 294 g/mol. The van der Waals surface area contributed by atoms with Crippen LogP contribution in [0.25, 0.3) is 0 Å². The molecule has 94 valence electrons. The molecule has 0 atom stereocenters. The monoisotopic (exact) mass is 307 g/mol. The predicted molar refractivity (Wildman–Crippen MR) is 75.0 cm³/mol. The number of carbonyl (C=O) groups excluding carboxylic acids is 1. The van der Waals surface area contributed by atoms with Crippen LogP contribution in [0.15, 0.2) is 33.2 Å². The lowest BCUT2D eigenvalue weighted by atomic mass is 10.1. The summed E-state index contributed by atoms with van der Waals surface area (Å²) in [4.78, 5) is 11.9. The van der Waals surface area contributed by atoms with Crippen molar-refractivity contribution in [2.75, 3.05) is 5.32 Å². The highest BCUT2D eigenvalue weighted by Gasteiger charge is 2.11. The zero-order valence-electron chi connectivity index (χ0n) is 10.5. The Labute approximate surface area is 114 Å². The molecule has 4 heteroatoms. The summed E-state index contributed by atoms with van der Waals surface area (Å²) in [5.41, 5.74) is 2.94. The maximum atomic E-state index is 11.9. The summed E-state index contributed by atoms with van der Waals surface area (Å²) in [6, 6.07) is 7.28. The van der Waals surface area contributed by atoms with Gasteiger partial charge in [0.2, 0.25) is 0 Å². The molecule has 0 saturated heterocycles. The van der Waals surface area contributed by atoms with E-state index in [1.54, 1.807) is 12.1 Å². The summed E-state index contributed by atoms with van der Waals surface area (Å²) < 4.78 is 6.34. The van der Waals surface area contributed by atoms with Gasteiger partial charge in [-0.25, -0.2) is 0 Å². The molecule has 18 heavy (non-hydrogen) atoms. The van der Waals surface area contributed by atoms with Gasteiger partial charge in [-0.2, -0.15) is 0 Å². The molecule has 0 fully saturated rings. The van der Waals surface area contributed by atoms with Gasteiger partial charge in [-0.3, -0.25) is 4.79 Å². The molecule has 0 saturated carbocycles. The lowest BCUT2D eigenvalue weighted by Crippen LogP contribution is -2.11. The van der Waals surface area contributed by atoms with Gasteiger partial charge in [-0.15, -0.1) is 0 Å². The number of rotatable bonds is 2. The number of halogens is 1. The van der Waals surface area contributed by atoms with Crippen LogP contribution in [0.5, 0.6) is 0 Å². The number of hydrogen-bond donors (Lipinski definition) is 1. The molecule has 1 amide bonds. The standard InChI is InChI=1S/C14H14BrNO2/c1-8-6-11(7-9(2)13(8)15)16-14(17)12-5-4-10(3)18-12/h4-7H,1-3H3,(H,16,17). The van der Waals surface area contributed by atoms with Crippen molar-refractivity contribution in [3.63, 3.8) is 0 Å². The molecule has 0 aliphatic rings. The van der Waals surface area contributed by atoms with E-state index in [1.165, 1.54) is 0 Å². The molecule has 0 bridgehead atoms. The second kappa shape index (κ2) is 4.98. The van der Waals surface area contributed by atoms with E-state index < -0.39 is 0 Å². The number of carbonyl (C=O) groups is 1. The lowest BCUT2D eigenvalue weighted by molar-refractivity contribution is 0.0995. The first-order valence-corrected chi connectivity index (χ1v) is 6.41. The Morgan fingerprint density at radius 3 is 2.28 bits per heavy atom. The Kier molecular flexibility index (Phi) is 3.57. The van der Waals surface area contributed by atoms with Gasteiger partial charge < -0.3 is 9.73 Å². The van der Waals surface area contributed by atoms with Gasteiger partial charge in [-0.05, 0) is 56.2 Å². The van der Waals surface area contributed by atoms with Gasteiger partial charge in [0.25, 0.3) is 5.91 Å². The second-order valence-electron chi connectivity index (χ2n) is 4.29. The van der Waals surface area contributed by atoms with Gasteiger partial charge in [0.05, 0.1) is 0 Å². The molecule has 1 heterocycles. The third kappa shape index (κ3) is 2.64. The molecule has 0 aliphatic carbocycles. The highest BCUT2D eigenvalue weighted by molar-refractivity contribution is 9.10. The molecule has 0 unspecified atom stereocenters. The van der Waals surface area contributed by atoms with Crippen molar-refractivity contribution in [3.05, 3.63) is 51.4 Å². The van der Waals surface area contributed by atoms with E-state index in [4.69, 9.17) is 4.42 Å². The molecule has 1 aromatic carbocycles. The first-order chi connectivity index (χ1) is 8.47. The van der Waals surface area contributed by atoms with Crippen LogP contribution in [0.3, 0.4) is 0 Å². The molecule has 1 aromatic heterocycles. The van der Waals surface area contributed by atoms with Crippen LogP contribution in [0.4, 0.5) is 5.69 Å². The smallest absolute Gasteiger partial charge is 0.291 e. The SMILES string of the molecule is Cc1ccc(C(=O)Nc2cc(C)c(Br)c(C)c2)o1. The Balaban J connectivity index is 2.22. The van der Waals surface area contributed by atoms with Crippen molar-refractivity contribution >= 4 is 27.5 Å². The van der Waals surface area contributed by atoms with Gasteiger partial charge in [0, 0.05) is 10.2 Å². The molecule has 1 N–H and O–H groups in total. The van der Waals surface area contributed by atoms with E-state index in [2.05, 4.69) is 21.2 Å². The number of amides is 1. The van der Waals surface area contributed by atoms with E-state index in [9.17, 15) is 4.79 Å². The van der Waals surface area contributed by atoms with Crippen molar-refractivity contribution in [2.45, 2.75) is 20.8 Å². The molecule has 0 aliphatic heterocycles. The molecule has 0 spiro atoms. The highest BCUT2D eigenvalue weighted by Crippen LogP contribution is 2.25. The van der Waals surface area contributed by atoms with Crippen LogP contribution < -0.4 is 5.32 Å². The highest BCUT2D eigenvalue weighted by atomic mass is 79.9. The van der Waals surface area contributed by atoms with E-state index >= 15 is 0 Å². The van der Waals surface area contributed by atoms with Crippen molar-refractivity contribution < 1.29 is 9.21 Å². The van der Waals surface area contributed by atoms with E-state index in [1.807, 2.05) is 32.9 Å². The average molecular weight is 308 g/mol. The maximum Gasteiger partial charge on any atom is 0.291 e. The molecule has 0 radical (unpaired) electrons. The fourth-order valence-corrected chi connectivity index (χ4v) is 2.00. The van der Waals surface area contributed by atoms with E-state index in [0.29, 0.717) is 5.76 Å². The summed E-state index contributed by atoms with van der Waals surface area (Å²) in [5, 5.41) is 2.83. The Morgan fingerprint density at radius 2 is 1.78 bits per heavy atom. The largest absolute Gasteiger partial charge is 0.456 e. The fourth-order valence-electron chi connectivity index (χ4n) is 1.77. The lowest BCUT2D eigenvalue weighted by Gasteiger charge is -2.08. The van der Waals surface area contributed by atoms with Crippen molar-refractivity contribution in [2.24, 2.45) is 0 Å². The van der Waals surface area contributed by atoms with Crippen molar-refractivity contribution in [1.29, 1.82) is 0 Å². The molecule has 2 aromatic rings. The summed E-state index contributed by atoms with van der Waals surface area (Å²) in [5.74, 6) is 0.818. The number of nitrogens with one attached hydrogen (secondary N) is 1. The average Bonchev–Trinajstić information content (AvgIpc) is 2.72. The summed E-state index contributed by atoms with van der Waals surface area (Å²) in [7, 11) is 0. The second-order valence-corrected chi connectivity index (χ2v) is 5.08. The first kappa shape index (κ1) is 12.9. The number of anilines is 1. The number of benzene rings is 1. The van der Waals surface area contributed by atoms with Crippen LogP contribution in [0, 0.1) is 20.8 Å². The molecule has 3 nitrogen and oxygen atoms in total. The molecular formula is C14H14BrNO2. The third-order valence-corrected chi connectivity index (χ3v) is 3.91. The predicted octanol–water partition coefficient (Wildman–Crippen LogP) is 4.22. The minimum Gasteiger partial charge on any atom is -0.456 e. The fraction of sp³-hybridized carbons (Fsp3) is 0.214. The Morgan fingerprint density at radius 1 is 1.17 bits per heavy atom. The minimum absolute atomic E-state index is 0.232. The minimum atomic E-state index is -0.232. The quantitative estimate of drug-likeness (QED) is 0.902. The van der Waals surface area contributed by atoms with Crippen LogP contribution in [0.2, 0.25) is 0 Å². The maximum absolute atomic E-state index is 11.9. The van der Waals surface area contributed by atoms with Crippen LogP contribution in [0.1, 0.15) is 27.4 Å². The Bertz CT molecular complexity index is 579. The normalized spacial score (nSPS) is 10.4. The number of furan rings is 1. The van der Waals surface area contributed by atoms with Gasteiger partial charge in [0.15, 0.2) is 5.76 Å². The van der Waals surface area contributed by atoms with E-state index in [-0.39, 0.29) is 5.91 Å². The van der Waals surface area contributed by atoms with Gasteiger partial charge in [0.1, 0.15) is 5.76 Å². The molecule has 2 rings (SSSR count). The summed E-state index contributed by atoms with van der Waals surface area (Å²) in [6.07, 6.45) is 0. The van der Waals surface area contributed by atoms with E-state index in [0.717, 1.165) is 27.0 Å². The van der Waals surface area contributed by atoms with Crippen molar-refractivity contribution in [1.82, 2.24) is 0 Å². The van der Waals surface area contributed by atoms with Crippen LogP contribution in [-0.4, -0.2) is 5.91 Å².